The van der Waals surface area contributed by atoms with Crippen molar-refractivity contribution >= 4 is 11.7 Å². The van der Waals surface area contributed by atoms with Gasteiger partial charge in [0.05, 0.1) is 11.3 Å². The molecular formula is C15H23NO4. The van der Waals surface area contributed by atoms with Gasteiger partial charge in [-0.25, -0.2) is 4.79 Å². The van der Waals surface area contributed by atoms with E-state index >= 15 is 0 Å². The van der Waals surface area contributed by atoms with E-state index in [4.69, 9.17) is 0 Å². The number of aliphatic hydroxyl groups excluding tert-OH is 2. The molecule has 0 saturated carbocycles. The minimum Gasteiger partial charge on any atom is -0.478 e. The first-order chi connectivity index (χ1) is 9.47. The maximum Gasteiger partial charge on any atom is 0.337 e. The fourth-order valence-electron chi connectivity index (χ4n) is 2.24. The number of rotatable bonds is 7. The number of aryl methyl sites for hydroxylation is 1. The smallest absolute Gasteiger partial charge is 0.337 e. The van der Waals surface area contributed by atoms with Crippen molar-refractivity contribution in [1.29, 1.82) is 0 Å². The van der Waals surface area contributed by atoms with Gasteiger partial charge in [-0.2, -0.15) is 0 Å². The number of benzene rings is 1. The van der Waals surface area contributed by atoms with Crippen LogP contribution in [0.4, 0.5) is 5.69 Å². The van der Waals surface area contributed by atoms with Gasteiger partial charge < -0.3 is 20.2 Å². The second-order valence-corrected chi connectivity index (χ2v) is 4.66. The van der Waals surface area contributed by atoms with Crippen molar-refractivity contribution in [2.45, 2.75) is 52.5 Å². The molecule has 2 atom stereocenters. The average molecular weight is 281 g/mol. The van der Waals surface area contributed by atoms with Crippen molar-refractivity contribution in [2.75, 3.05) is 4.90 Å². The minimum absolute atomic E-state index is 0.101. The maximum atomic E-state index is 11.4. The van der Waals surface area contributed by atoms with Crippen LogP contribution in [0.3, 0.4) is 0 Å². The molecule has 20 heavy (non-hydrogen) atoms. The standard InChI is InChI=1S/C15H23NO4/c1-4-10-8-7-9-11(15(19)20)14(10)16(12(17)5-2)13(18)6-3/h7-9,12-13,17-18H,4-6H2,1-3H3,(H,19,20). The number of hydrogen-bond acceptors (Lipinski definition) is 4. The molecule has 0 bridgehead atoms. The predicted molar refractivity (Wildman–Crippen MR) is 77.9 cm³/mol. The number of aromatic carboxylic acids is 1. The molecule has 0 heterocycles. The predicted octanol–water partition coefficient (Wildman–Crippen LogP) is 2.21. The Hall–Kier alpha value is -1.59. The summed E-state index contributed by atoms with van der Waals surface area (Å²) in [5.41, 5.74) is 1.31. The van der Waals surface area contributed by atoms with Crippen LogP contribution in [0.1, 0.15) is 49.5 Å². The molecule has 3 N–H and O–H groups in total. The normalized spacial score (nSPS) is 13.8. The highest BCUT2D eigenvalue weighted by atomic mass is 16.4. The molecule has 0 fully saturated rings. The summed E-state index contributed by atoms with van der Waals surface area (Å²) in [6, 6.07) is 4.99. The van der Waals surface area contributed by atoms with Gasteiger partial charge in [-0.15, -0.1) is 0 Å². The van der Waals surface area contributed by atoms with Gasteiger partial charge in [-0.05, 0) is 30.9 Å². The third kappa shape index (κ3) is 3.29. The van der Waals surface area contributed by atoms with Gasteiger partial charge >= 0.3 is 5.97 Å². The summed E-state index contributed by atoms with van der Waals surface area (Å²) < 4.78 is 0. The molecule has 0 spiro atoms. The van der Waals surface area contributed by atoms with Crippen LogP contribution in [0.2, 0.25) is 0 Å². The van der Waals surface area contributed by atoms with Crippen molar-refractivity contribution in [3.8, 4) is 0 Å². The van der Waals surface area contributed by atoms with E-state index in [1.807, 2.05) is 13.0 Å². The average Bonchev–Trinajstić information content (AvgIpc) is 2.46. The summed E-state index contributed by atoms with van der Waals surface area (Å²) in [5.74, 6) is -1.06. The lowest BCUT2D eigenvalue weighted by molar-refractivity contribution is 0.0685. The van der Waals surface area contributed by atoms with E-state index in [9.17, 15) is 20.1 Å². The van der Waals surface area contributed by atoms with Crippen molar-refractivity contribution in [1.82, 2.24) is 0 Å². The molecule has 1 aromatic rings. The van der Waals surface area contributed by atoms with Crippen LogP contribution in [0.25, 0.3) is 0 Å². The fourth-order valence-corrected chi connectivity index (χ4v) is 2.24. The van der Waals surface area contributed by atoms with Gasteiger partial charge in [0.15, 0.2) is 0 Å². The summed E-state index contributed by atoms with van der Waals surface area (Å²) in [6.07, 6.45) is -0.422. The Bertz CT molecular complexity index is 451. The number of anilines is 1. The summed E-state index contributed by atoms with van der Waals surface area (Å²) in [5, 5.41) is 29.7. The molecular weight excluding hydrogens is 258 g/mol. The second kappa shape index (κ2) is 7.26. The van der Waals surface area contributed by atoms with Crippen molar-refractivity contribution in [2.24, 2.45) is 0 Å². The summed E-state index contributed by atoms with van der Waals surface area (Å²) in [4.78, 5) is 12.8. The van der Waals surface area contributed by atoms with E-state index < -0.39 is 18.4 Å². The topological polar surface area (TPSA) is 81.0 Å². The van der Waals surface area contributed by atoms with Gasteiger partial charge in [-0.3, -0.25) is 0 Å². The Labute approximate surface area is 119 Å². The third-order valence-electron chi connectivity index (χ3n) is 3.36. The van der Waals surface area contributed by atoms with Crippen LogP contribution in [-0.2, 0) is 6.42 Å². The van der Waals surface area contributed by atoms with E-state index in [2.05, 4.69) is 0 Å². The van der Waals surface area contributed by atoms with Crippen LogP contribution in [-0.4, -0.2) is 33.7 Å². The zero-order chi connectivity index (χ0) is 15.3. The highest BCUT2D eigenvalue weighted by Gasteiger charge is 2.27. The molecule has 1 aromatic carbocycles. The molecule has 112 valence electrons. The van der Waals surface area contributed by atoms with Crippen molar-refractivity contribution < 1.29 is 20.1 Å². The number of aliphatic hydroxyl groups is 2. The SMILES string of the molecule is CCc1cccc(C(=O)O)c1N(C(O)CC)C(O)CC. The summed E-state index contributed by atoms with van der Waals surface area (Å²) >= 11 is 0. The molecule has 0 saturated heterocycles. The number of para-hydroxylation sites is 1. The second-order valence-electron chi connectivity index (χ2n) is 4.66. The maximum absolute atomic E-state index is 11.4. The lowest BCUT2D eigenvalue weighted by Crippen LogP contribution is -2.44. The largest absolute Gasteiger partial charge is 0.478 e. The first kappa shape index (κ1) is 16.5. The van der Waals surface area contributed by atoms with Gasteiger partial charge in [0.2, 0.25) is 0 Å². The molecule has 0 aliphatic carbocycles. The van der Waals surface area contributed by atoms with E-state index in [1.54, 1.807) is 19.9 Å². The Balaban J connectivity index is 3.47. The first-order valence-electron chi connectivity index (χ1n) is 6.97. The molecule has 0 aliphatic rings. The van der Waals surface area contributed by atoms with E-state index in [-0.39, 0.29) is 5.56 Å². The zero-order valence-electron chi connectivity index (χ0n) is 12.2. The van der Waals surface area contributed by atoms with Gasteiger partial charge in [0.25, 0.3) is 0 Å². The van der Waals surface area contributed by atoms with Crippen molar-refractivity contribution in [3.63, 3.8) is 0 Å². The highest BCUT2D eigenvalue weighted by Crippen LogP contribution is 2.30. The van der Waals surface area contributed by atoms with Gasteiger partial charge in [0, 0.05) is 0 Å². The van der Waals surface area contributed by atoms with E-state index in [0.717, 1.165) is 5.56 Å². The number of carboxylic acids is 1. The molecule has 1 rings (SSSR count). The molecule has 5 heteroatoms. The van der Waals surface area contributed by atoms with Crippen LogP contribution in [0.5, 0.6) is 0 Å². The van der Waals surface area contributed by atoms with Gasteiger partial charge in [-0.1, -0.05) is 32.9 Å². The molecule has 5 nitrogen and oxygen atoms in total. The molecule has 0 aromatic heterocycles. The first-order valence-corrected chi connectivity index (χ1v) is 6.97. The summed E-state index contributed by atoms with van der Waals surface area (Å²) in [6.45, 7) is 5.49. The zero-order valence-corrected chi connectivity index (χ0v) is 12.2. The molecule has 0 amide bonds. The lowest BCUT2D eigenvalue weighted by atomic mass is 10.0. The minimum atomic E-state index is -1.06. The fraction of sp³-hybridized carbons (Fsp3) is 0.533. The van der Waals surface area contributed by atoms with Crippen LogP contribution in [0, 0.1) is 0 Å². The van der Waals surface area contributed by atoms with Gasteiger partial charge in [0.1, 0.15) is 12.5 Å². The molecule has 2 unspecified atom stereocenters. The number of nitrogens with zero attached hydrogens (tertiary/aromatic N) is 1. The quantitative estimate of drug-likeness (QED) is 0.668. The Morgan fingerprint density at radius 1 is 1.15 bits per heavy atom. The molecule has 0 radical (unpaired) electrons. The van der Waals surface area contributed by atoms with E-state index in [1.165, 1.54) is 11.0 Å². The Morgan fingerprint density at radius 3 is 2.10 bits per heavy atom. The molecule has 0 aliphatic heterocycles. The monoisotopic (exact) mass is 281 g/mol. The van der Waals surface area contributed by atoms with Crippen LogP contribution < -0.4 is 4.90 Å². The van der Waals surface area contributed by atoms with Crippen LogP contribution >= 0.6 is 0 Å². The van der Waals surface area contributed by atoms with E-state index in [0.29, 0.717) is 24.9 Å². The highest BCUT2D eigenvalue weighted by molar-refractivity contribution is 5.95. The Morgan fingerprint density at radius 2 is 1.70 bits per heavy atom. The number of hydrogen-bond donors (Lipinski definition) is 3. The van der Waals surface area contributed by atoms with Crippen molar-refractivity contribution in [3.05, 3.63) is 29.3 Å². The lowest BCUT2D eigenvalue weighted by Gasteiger charge is -2.35. The summed E-state index contributed by atoms with van der Waals surface area (Å²) in [7, 11) is 0. The number of carboxylic acid groups (broad SMARTS) is 1. The Kier molecular flexibility index (Phi) is 5.98. The third-order valence-corrected chi connectivity index (χ3v) is 3.36. The van der Waals surface area contributed by atoms with Crippen LogP contribution in [0.15, 0.2) is 18.2 Å². The number of carbonyl (C=O) groups is 1.